The van der Waals surface area contributed by atoms with Crippen LogP contribution in [0.1, 0.15) is 16.8 Å². The third kappa shape index (κ3) is 2.71. The van der Waals surface area contributed by atoms with Gasteiger partial charge in [0.05, 0.1) is 0 Å². The SMILES string of the molecule is Cc1cc(N(C)Cc2ccc(CN)cc2)n2ncnc2n1. The van der Waals surface area contributed by atoms with E-state index in [1.54, 1.807) is 4.52 Å². The van der Waals surface area contributed by atoms with Crippen LogP contribution in [0.15, 0.2) is 36.7 Å². The highest BCUT2D eigenvalue weighted by molar-refractivity contribution is 5.47. The molecule has 0 bridgehead atoms. The first-order chi connectivity index (χ1) is 10.2. The predicted octanol–water partition coefficient (Wildman–Crippen LogP) is 1.53. The van der Waals surface area contributed by atoms with Crippen LogP contribution in [-0.2, 0) is 13.1 Å². The molecule has 0 fully saturated rings. The number of nitrogens with two attached hydrogens (primary N) is 1. The van der Waals surface area contributed by atoms with Gasteiger partial charge in [-0.2, -0.15) is 14.6 Å². The Morgan fingerprint density at radius 2 is 1.90 bits per heavy atom. The number of aryl methyl sites for hydroxylation is 1. The second kappa shape index (κ2) is 5.49. The van der Waals surface area contributed by atoms with Gasteiger partial charge in [-0.15, -0.1) is 0 Å². The van der Waals surface area contributed by atoms with Crippen molar-refractivity contribution in [3.63, 3.8) is 0 Å². The van der Waals surface area contributed by atoms with E-state index in [0.717, 1.165) is 23.6 Å². The Hall–Kier alpha value is -2.47. The molecule has 2 N–H and O–H groups in total. The molecule has 21 heavy (non-hydrogen) atoms. The number of aromatic nitrogens is 4. The summed E-state index contributed by atoms with van der Waals surface area (Å²) in [4.78, 5) is 10.6. The Labute approximate surface area is 123 Å². The van der Waals surface area contributed by atoms with Crippen LogP contribution in [0.4, 0.5) is 5.82 Å². The summed E-state index contributed by atoms with van der Waals surface area (Å²) >= 11 is 0. The molecule has 6 heteroatoms. The zero-order valence-electron chi connectivity index (χ0n) is 12.2. The smallest absolute Gasteiger partial charge is 0.254 e. The monoisotopic (exact) mass is 282 g/mol. The Balaban J connectivity index is 1.89. The minimum atomic E-state index is 0.569. The molecule has 108 valence electrons. The highest BCUT2D eigenvalue weighted by atomic mass is 15.4. The van der Waals surface area contributed by atoms with E-state index in [1.807, 2.05) is 20.0 Å². The highest BCUT2D eigenvalue weighted by Gasteiger charge is 2.10. The maximum Gasteiger partial charge on any atom is 0.254 e. The standard InChI is InChI=1S/C15H18N6/c1-11-7-14(21-15(19-11)17-10-18-21)20(2)9-13-5-3-12(8-16)4-6-13/h3-7,10H,8-9,16H2,1-2H3. The van der Waals surface area contributed by atoms with Crippen LogP contribution in [0.2, 0.25) is 0 Å². The van der Waals surface area contributed by atoms with E-state index in [9.17, 15) is 0 Å². The summed E-state index contributed by atoms with van der Waals surface area (Å²) in [5.74, 6) is 1.59. The zero-order chi connectivity index (χ0) is 14.8. The molecule has 0 aliphatic rings. The molecule has 0 aliphatic heterocycles. The molecule has 2 aromatic heterocycles. The minimum absolute atomic E-state index is 0.569. The first-order valence-corrected chi connectivity index (χ1v) is 6.84. The van der Waals surface area contributed by atoms with Crippen molar-refractivity contribution < 1.29 is 0 Å². The number of fused-ring (bicyclic) bond motifs is 1. The molecule has 6 nitrogen and oxygen atoms in total. The van der Waals surface area contributed by atoms with Crippen LogP contribution in [0, 0.1) is 6.92 Å². The van der Waals surface area contributed by atoms with Crippen LogP contribution >= 0.6 is 0 Å². The molecule has 0 saturated carbocycles. The Morgan fingerprint density at radius 1 is 1.19 bits per heavy atom. The van der Waals surface area contributed by atoms with Gasteiger partial charge in [0, 0.05) is 31.9 Å². The van der Waals surface area contributed by atoms with Crippen molar-refractivity contribution in [1.82, 2.24) is 19.6 Å². The lowest BCUT2D eigenvalue weighted by Crippen LogP contribution is -2.20. The fourth-order valence-corrected chi connectivity index (χ4v) is 2.32. The molecular weight excluding hydrogens is 264 g/mol. The summed E-state index contributed by atoms with van der Waals surface area (Å²) in [6.45, 7) is 3.31. The molecule has 0 unspecified atom stereocenters. The first-order valence-electron chi connectivity index (χ1n) is 6.84. The van der Waals surface area contributed by atoms with Crippen molar-refractivity contribution in [2.45, 2.75) is 20.0 Å². The van der Waals surface area contributed by atoms with E-state index in [0.29, 0.717) is 12.3 Å². The Bertz CT molecular complexity index is 746. The van der Waals surface area contributed by atoms with Crippen LogP contribution in [-0.4, -0.2) is 26.6 Å². The lowest BCUT2D eigenvalue weighted by molar-refractivity contribution is 0.827. The molecule has 3 rings (SSSR count). The van der Waals surface area contributed by atoms with Crippen molar-refractivity contribution in [3.05, 3.63) is 53.5 Å². The van der Waals surface area contributed by atoms with Crippen molar-refractivity contribution in [3.8, 4) is 0 Å². The van der Waals surface area contributed by atoms with Gasteiger partial charge in [-0.3, -0.25) is 0 Å². The first kappa shape index (κ1) is 13.5. The zero-order valence-corrected chi connectivity index (χ0v) is 12.2. The van der Waals surface area contributed by atoms with Crippen molar-refractivity contribution in [2.75, 3.05) is 11.9 Å². The van der Waals surface area contributed by atoms with Gasteiger partial charge in [0.15, 0.2) is 0 Å². The average molecular weight is 282 g/mol. The van der Waals surface area contributed by atoms with E-state index in [2.05, 4.69) is 44.2 Å². The van der Waals surface area contributed by atoms with Gasteiger partial charge in [0.25, 0.3) is 5.78 Å². The molecule has 2 heterocycles. The van der Waals surface area contributed by atoms with Crippen LogP contribution in [0.5, 0.6) is 0 Å². The summed E-state index contributed by atoms with van der Waals surface area (Å²) in [5, 5.41) is 4.23. The van der Waals surface area contributed by atoms with E-state index in [4.69, 9.17) is 5.73 Å². The van der Waals surface area contributed by atoms with Gasteiger partial charge >= 0.3 is 0 Å². The van der Waals surface area contributed by atoms with E-state index < -0.39 is 0 Å². The van der Waals surface area contributed by atoms with Crippen molar-refractivity contribution >= 4 is 11.6 Å². The van der Waals surface area contributed by atoms with Gasteiger partial charge < -0.3 is 10.6 Å². The van der Waals surface area contributed by atoms with Gasteiger partial charge in [-0.05, 0) is 18.1 Å². The largest absolute Gasteiger partial charge is 0.355 e. The fraction of sp³-hybridized carbons (Fsp3) is 0.267. The fourth-order valence-electron chi connectivity index (χ4n) is 2.32. The van der Waals surface area contributed by atoms with Gasteiger partial charge in [0.2, 0.25) is 0 Å². The summed E-state index contributed by atoms with van der Waals surface area (Å²) in [7, 11) is 2.03. The maximum atomic E-state index is 5.62. The highest BCUT2D eigenvalue weighted by Crippen LogP contribution is 2.17. The van der Waals surface area contributed by atoms with Gasteiger partial charge in [-0.25, -0.2) is 4.98 Å². The average Bonchev–Trinajstić information content (AvgIpc) is 2.95. The number of hydrogen-bond acceptors (Lipinski definition) is 5. The summed E-state index contributed by atoms with van der Waals surface area (Å²) in [5.41, 5.74) is 8.91. The van der Waals surface area contributed by atoms with E-state index in [1.165, 1.54) is 11.9 Å². The molecule has 3 aromatic rings. The summed E-state index contributed by atoms with van der Waals surface area (Å²) in [6.07, 6.45) is 1.52. The Kier molecular flexibility index (Phi) is 3.53. The molecule has 0 amide bonds. The molecule has 0 atom stereocenters. The molecule has 0 aliphatic carbocycles. The number of hydrogen-bond donors (Lipinski definition) is 1. The van der Waals surface area contributed by atoms with Gasteiger partial charge in [0.1, 0.15) is 12.1 Å². The van der Waals surface area contributed by atoms with Crippen LogP contribution in [0.25, 0.3) is 5.78 Å². The molecule has 0 saturated heterocycles. The summed E-state index contributed by atoms with van der Waals surface area (Å²) < 4.78 is 1.75. The molecule has 0 spiro atoms. The number of anilines is 1. The van der Waals surface area contributed by atoms with Crippen LogP contribution in [0.3, 0.4) is 0 Å². The quantitative estimate of drug-likeness (QED) is 0.785. The van der Waals surface area contributed by atoms with Gasteiger partial charge in [-0.1, -0.05) is 24.3 Å². The van der Waals surface area contributed by atoms with E-state index in [-0.39, 0.29) is 0 Å². The number of benzene rings is 1. The third-order valence-corrected chi connectivity index (χ3v) is 3.43. The normalized spacial score (nSPS) is 11.0. The number of nitrogens with zero attached hydrogens (tertiary/aromatic N) is 5. The molecule has 1 aromatic carbocycles. The van der Waals surface area contributed by atoms with Crippen molar-refractivity contribution in [1.29, 1.82) is 0 Å². The van der Waals surface area contributed by atoms with E-state index >= 15 is 0 Å². The number of rotatable bonds is 4. The Morgan fingerprint density at radius 3 is 2.62 bits per heavy atom. The van der Waals surface area contributed by atoms with Crippen LogP contribution < -0.4 is 10.6 Å². The second-order valence-electron chi connectivity index (χ2n) is 5.10. The maximum absolute atomic E-state index is 5.62. The molecular formula is C15H18N6. The minimum Gasteiger partial charge on any atom is -0.355 e. The topological polar surface area (TPSA) is 72.3 Å². The summed E-state index contributed by atoms with van der Waals surface area (Å²) in [6, 6.07) is 10.3. The molecule has 0 radical (unpaired) electrons. The lowest BCUT2D eigenvalue weighted by Gasteiger charge is -2.20. The third-order valence-electron chi connectivity index (χ3n) is 3.43. The van der Waals surface area contributed by atoms with Crippen molar-refractivity contribution in [2.24, 2.45) is 5.73 Å². The second-order valence-corrected chi connectivity index (χ2v) is 5.10. The lowest BCUT2D eigenvalue weighted by atomic mass is 10.1. The predicted molar refractivity (Wildman–Crippen MR) is 82.0 cm³/mol.